The van der Waals surface area contributed by atoms with E-state index in [4.69, 9.17) is 5.11 Å². The van der Waals surface area contributed by atoms with E-state index in [-0.39, 0.29) is 16.9 Å². The fraction of sp³-hybridized carbons (Fsp3) is 0.312. The van der Waals surface area contributed by atoms with E-state index < -0.39 is 5.97 Å². The minimum Gasteiger partial charge on any atom is -0.478 e. The van der Waals surface area contributed by atoms with E-state index >= 15 is 0 Å². The number of aromatic nitrogens is 1. The molecule has 0 radical (unpaired) electrons. The summed E-state index contributed by atoms with van der Waals surface area (Å²) in [7, 11) is 0. The minimum absolute atomic E-state index is 0.0943. The maximum absolute atomic E-state index is 12.2. The maximum Gasteiger partial charge on any atom is 0.335 e. The van der Waals surface area contributed by atoms with Crippen molar-refractivity contribution in [1.29, 1.82) is 0 Å². The molecule has 2 rings (SSSR count). The molecule has 1 aromatic heterocycles. The van der Waals surface area contributed by atoms with Crippen LogP contribution in [0, 0.1) is 6.92 Å². The van der Waals surface area contributed by atoms with E-state index in [0.717, 1.165) is 5.01 Å². The standard InChI is InChI=1S/C16H18N2O3S/c1-9-7-10(5-6-11(9)14(20)21)17-13(19)12-8-22-15(18-12)16(2,3)4/h5-8H,1-4H3,(H,17,19)(H,20,21). The van der Waals surface area contributed by atoms with Gasteiger partial charge in [0.05, 0.1) is 10.6 Å². The second kappa shape index (κ2) is 5.88. The predicted molar refractivity (Wildman–Crippen MR) is 86.9 cm³/mol. The van der Waals surface area contributed by atoms with Gasteiger partial charge < -0.3 is 10.4 Å². The first-order valence-corrected chi connectivity index (χ1v) is 7.68. The smallest absolute Gasteiger partial charge is 0.335 e. The Kier molecular flexibility index (Phi) is 4.32. The number of aromatic carboxylic acids is 1. The normalized spacial score (nSPS) is 11.3. The van der Waals surface area contributed by atoms with Gasteiger partial charge in [0.2, 0.25) is 0 Å². The number of nitrogens with one attached hydrogen (secondary N) is 1. The van der Waals surface area contributed by atoms with Gasteiger partial charge in [-0.2, -0.15) is 0 Å². The third kappa shape index (κ3) is 3.51. The summed E-state index contributed by atoms with van der Waals surface area (Å²) in [6.45, 7) is 7.82. The van der Waals surface area contributed by atoms with E-state index in [2.05, 4.69) is 10.3 Å². The van der Waals surface area contributed by atoms with Crippen molar-refractivity contribution in [2.24, 2.45) is 0 Å². The Morgan fingerprint density at radius 1 is 1.27 bits per heavy atom. The molecule has 0 spiro atoms. The summed E-state index contributed by atoms with van der Waals surface area (Å²) < 4.78 is 0. The van der Waals surface area contributed by atoms with Gasteiger partial charge in [-0.1, -0.05) is 20.8 Å². The SMILES string of the molecule is Cc1cc(NC(=O)c2csc(C(C)(C)C)n2)ccc1C(=O)O. The number of carbonyl (C=O) groups is 2. The number of aryl methyl sites for hydroxylation is 1. The van der Waals surface area contributed by atoms with Gasteiger partial charge in [0.15, 0.2) is 0 Å². The molecule has 0 bridgehead atoms. The van der Waals surface area contributed by atoms with Crippen molar-refractivity contribution in [1.82, 2.24) is 4.98 Å². The molecule has 6 heteroatoms. The van der Waals surface area contributed by atoms with E-state index in [1.807, 2.05) is 20.8 Å². The molecule has 0 saturated carbocycles. The quantitative estimate of drug-likeness (QED) is 0.904. The summed E-state index contributed by atoms with van der Waals surface area (Å²) >= 11 is 1.46. The third-order valence-electron chi connectivity index (χ3n) is 3.09. The first-order chi connectivity index (χ1) is 10.2. The molecule has 22 heavy (non-hydrogen) atoms. The lowest BCUT2D eigenvalue weighted by Crippen LogP contribution is -2.15. The first-order valence-electron chi connectivity index (χ1n) is 6.80. The Morgan fingerprint density at radius 2 is 1.95 bits per heavy atom. The van der Waals surface area contributed by atoms with Crippen LogP contribution < -0.4 is 5.32 Å². The van der Waals surface area contributed by atoms with Crippen LogP contribution in [-0.2, 0) is 5.41 Å². The number of hydrogen-bond acceptors (Lipinski definition) is 4. The van der Waals surface area contributed by atoms with Crippen LogP contribution in [0.5, 0.6) is 0 Å². The fourth-order valence-electron chi connectivity index (χ4n) is 1.90. The lowest BCUT2D eigenvalue weighted by atomic mass is 9.98. The second-order valence-corrected chi connectivity index (χ2v) is 6.93. The molecule has 0 aliphatic rings. The molecule has 5 nitrogen and oxygen atoms in total. The van der Waals surface area contributed by atoms with Gasteiger partial charge in [0.1, 0.15) is 5.69 Å². The van der Waals surface area contributed by atoms with Crippen LogP contribution >= 0.6 is 11.3 Å². The number of carboxylic acid groups (broad SMARTS) is 1. The lowest BCUT2D eigenvalue weighted by molar-refractivity contribution is 0.0696. The minimum atomic E-state index is -0.982. The lowest BCUT2D eigenvalue weighted by Gasteiger charge is -2.13. The summed E-state index contributed by atoms with van der Waals surface area (Å²) in [6.07, 6.45) is 0. The van der Waals surface area contributed by atoms with Crippen molar-refractivity contribution in [3.8, 4) is 0 Å². The van der Waals surface area contributed by atoms with E-state index in [1.54, 1.807) is 24.4 Å². The van der Waals surface area contributed by atoms with Gasteiger partial charge in [0, 0.05) is 16.5 Å². The van der Waals surface area contributed by atoms with Crippen LogP contribution in [0.1, 0.15) is 52.2 Å². The fourth-order valence-corrected chi connectivity index (χ4v) is 2.79. The summed E-state index contributed by atoms with van der Waals surface area (Å²) in [4.78, 5) is 27.5. The molecule has 1 heterocycles. The molecular weight excluding hydrogens is 300 g/mol. The average Bonchev–Trinajstić information content (AvgIpc) is 2.87. The second-order valence-electron chi connectivity index (χ2n) is 6.08. The van der Waals surface area contributed by atoms with Crippen LogP contribution in [-0.4, -0.2) is 22.0 Å². The number of thiazole rings is 1. The topological polar surface area (TPSA) is 79.3 Å². The molecule has 0 saturated heterocycles. The van der Waals surface area contributed by atoms with Crippen molar-refractivity contribution in [2.75, 3.05) is 5.32 Å². The van der Waals surface area contributed by atoms with Crippen molar-refractivity contribution >= 4 is 28.9 Å². The van der Waals surface area contributed by atoms with Crippen LogP contribution in [0.15, 0.2) is 23.6 Å². The van der Waals surface area contributed by atoms with Crippen LogP contribution in [0.4, 0.5) is 5.69 Å². The molecule has 116 valence electrons. The number of carboxylic acids is 1. The highest BCUT2D eigenvalue weighted by atomic mass is 32.1. The van der Waals surface area contributed by atoms with Gasteiger partial charge in [-0.25, -0.2) is 9.78 Å². The molecule has 0 fully saturated rings. The van der Waals surface area contributed by atoms with E-state index in [0.29, 0.717) is 16.9 Å². The highest BCUT2D eigenvalue weighted by molar-refractivity contribution is 7.10. The summed E-state index contributed by atoms with van der Waals surface area (Å²) in [5.41, 5.74) is 1.65. The van der Waals surface area contributed by atoms with Gasteiger partial charge in [-0.15, -0.1) is 11.3 Å². The van der Waals surface area contributed by atoms with Gasteiger partial charge in [0.25, 0.3) is 5.91 Å². The Hall–Kier alpha value is -2.21. The number of carbonyl (C=O) groups excluding carboxylic acids is 1. The number of benzene rings is 1. The predicted octanol–water partition coefficient (Wildman–Crippen LogP) is 3.70. The molecular formula is C16H18N2O3S. The molecule has 2 N–H and O–H groups in total. The molecule has 0 aliphatic heterocycles. The van der Waals surface area contributed by atoms with Gasteiger partial charge in [-0.3, -0.25) is 4.79 Å². The Labute approximate surface area is 133 Å². The zero-order valence-corrected chi connectivity index (χ0v) is 13.7. The highest BCUT2D eigenvalue weighted by Crippen LogP contribution is 2.26. The summed E-state index contributed by atoms with van der Waals surface area (Å²) in [5, 5.41) is 14.4. The average molecular weight is 318 g/mol. The highest BCUT2D eigenvalue weighted by Gasteiger charge is 2.20. The number of nitrogens with zero attached hydrogens (tertiary/aromatic N) is 1. The summed E-state index contributed by atoms with van der Waals surface area (Å²) in [5.74, 6) is -1.28. The molecule has 0 aliphatic carbocycles. The van der Waals surface area contributed by atoms with Crippen LogP contribution in [0.3, 0.4) is 0 Å². The Balaban J connectivity index is 2.17. The largest absolute Gasteiger partial charge is 0.478 e. The molecule has 1 aromatic carbocycles. The molecule has 0 atom stereocenters. The van der Waals surface area contributed by atoms with Crippen LogP contribution in [0.25, 0.3) is 0 Å². The molecule has 2 aromatic rings. The molecule has 1 amide bonds. The van der Waals surface area contributed by atoms with Crippen molar-refractivity contribution in [3.05, 3.63) is 45.4 Å². The Morgan fingerprint density at radius 3 is 2.45 bits per heavy atom. The van der Waals surface area contributed by atoms with E-state index in [9.17, 15) is 9.59 Å². The van der Waals surface area contributed by atoms with Gasteiger partial charge in [-0.05, 0) is 30.7 Å². The van der Waals surface area contributed by atoms with Crippen molar-refractivity contribution < 1.29 is 14.7 Å². The van der Waals surface area contributed by atoms with Crippen molar-refractivity contribution in [2.45, 2.75) is 33.1 Å². The molecule has 0 unspecified atom stereocenters. The zero-order valence-electron chi connectivity index (χ0n) is 12.9. The van der Waals surface area contributed by atoms with Crippen molar-refractivity contribution in [3.63, 3.8) is 0 Å². The number of amides is 1. The number of hydrogen-bond donors (Lipinski definition) is 2. The Bertz CT molecular complexity index is 729. The van der Waals surface area contributed by atoms with Gasteiger partial charge >= 0.3 is 5.97 Å². The van der Waals surface area contributed by atoms with Crippen LogP contribution in [0.2, 0.25) is 0 Å². The van der Waals surface area contributed by atoms with E-state index in [1.165, 1.54) is 17.4 Å². The third-order valence-corrected chi connectivity index (χ3v) is 4.36. The monoisotopic (exact) mass is 318 g/mol. The number of anilines is 1. The summed E-state index contributed by atoms with van der Waals surface area (Å²) in [6, 6.07) is 4.69. The first kappa shape index (κ1) is 16.2. The maximum atomic E-state index is 12.2. The zero-order chi connectivity index (χ0) is 16.5. The number of rotatable bonds is 3.